The van der Waals surface area contributed by atoms with Crippen molar-refractivity contribution < 1.29 is 14.3 Å². The van der Waals surface area contributed by atoms with Gasteiger partial charge in [0.25, 0.3) is 5.91 Å². The number of amides is 2. The predicted octanol–water partition coefficient (Wildman–Crippen LogP) is 3.66. The van der Waals surface area contributed by atoms with Crippen LogP contribution in [0.25, 0.3) is 0 Å². The second-order valence-corrected chi connectivity index (χ2v) is 7.11. The summed E-state index contributed by atoms with van der Waals surface area (Å²) in [5, 5.41) is 2.88. The van der Waals surface area contributed by atoms with Crippen molar-refractivity contribution in [3.63, 3.8) is 0 Å². The number of methoxy groups -OCH3 is 1. The van der Waals surface area contributed by atoms with E-state index in [1.165, 1.54) is 11.8 Å². The number of nitrogens with zero attached hydrogens (tertiary/aromatic N) is 1. The SMILES string of the molecule is COc1ccc(SCC(=O)Nc2ccccc2C(=O)N2CCCC2)cc1. The summed E-state index contributed by atoms with van der Waals surface area (Å²) in [4.78, 5) is 27.8. The molecule has 0 saturated carbocycles. The van der Waals surface area contributed by atoms with Gasteiger partial charge in [0.1, 0.15) is 5.75 Å². The third-order valence-corrected chi connectivity index (χ3v) is 5.27. The quantitative estimate of drug-likeness (QED) is 0.789. The highest BCUT2D eigenvalue weighted by Crippen LogP contribution is 2.23. The van der Waals surface area contributed by atoms with Gasteiger partial charge >= 0.3 is 0 Å². The number of para-hydroxylation sites is 1. The van der Waals surface area contributed by atoms with Crippen LogP contribution in [-0.2, 0) is 4.79 Å². The Balaban J connectivity index is 1.61. The highest BCUT2D eigenvalue weighted by Gasteiger charge is 2.22. The van der Waals surface area contributed by atoms with Crippen LogP contribution in [0.4, 0.5) is 5.69 Å². The molecule has 0 aliphatic carbocycles. The third kappa shape index (κ3) is 4.58. The molecule has 1 heterocycles. The number of nitrogens with one attached hydrogen (secondary N) is 1. The van der Waals surface area contributed by atoms with Crippen molar-refractivity contribution >= 4 is 29.3 Å². The molecule has 26 heavy (non-hydrogen) atoms. The normalized spacial score (nSPS) is 13.5. The van der Waals surface area contributed by atoms with Crippen molar-refractivity contribution in [3.8, 4) is 5.75 Å². The van der Waals surface area contributed by atoms with Crippen molar-refractivity contribution in [2.24, 2.45) is 0 Å². The maximum atomic E-state index is 12.6. The van der Waals surface area contributed by atoms with E-state index >= 15 is 0 Å². The van der Waals surface area contributed by atoms with E-state index in [1.54, 1.807) is 19.2 Å². The number of anilines is 1. The smallest absolute Gasteiger partial charge is 0.255 e. The van der Waals surface area contributed by atoms with Crippen LogP contribution in [0.5, 0.6) is 5.75 Å². The monoisotopic (exact) mass is 370 g/mol. The van der Waals surface area contributed by atoms with Crippen molar-refractivity contribution in [1.29, 1.82) is 0 Å². The first kappa shape index (κ1) is 18.3. The molecule has 0 aromatic heterocycles. The molecule has 0 bridgehead atoms. The Hall–Kier alpha value is -2.47. The lowest BCUT2D eigenvalue weighted by Gasteiger charge is -2.18. The van der Waals surface area contributed by atoms with Crippen molar-refractivity contribution in [2.45, 2.75) is 17.7 Å². The Morgan fingerprint density at radius 1 is 1.08 bits per heavy atom. The third-order valence-electron chi connectivity index (χ3n) is 4.25. The topological polar surface area (TPSA) is 58.6 Å². The molecule has 3 rings (SSSR count). The van der Waals surface area contributed by atoms with Gasteiger partial charge in [0.05, 0.1) is 24.1 Å². The second kappa shape index (κ2) is 8.76. The number of thioether (sulfide) groups is 1. The molecule has 136 valence electrons. The largest absolute Gasteiger partial charge is 0.497 e. The van der Waals surface area contributed by atoms with E-state index in [-0.39, 0.29) is 17.6 Å². The highest BCUT2D eigenvalue weighted by molar-refractivity contribution is 8.00. The number of benzene rings is 2. The van der Waals surface area contributed by atoms with Gasteiger partial charge in [-0.15, -0.1) is 11.8 Å². The first-order chi connectivity index (χ1) is 12.7. The van der Waals surface area contributed by atoms with Crippen LogP contribution < -0.4 is 10.1 Å². The number of carbonyl (C=O) groups is 2. The van der Waals surface area contributed by atoms with E-state index in [9.17, 15) is 9.59 Å². The minimum Gasteiger partial charge on any atom is -0.497 e. The minimum atomic E-state index is -0.132. The Labute approximate surface area is 157 Å². The maximum Gasteiger partial charge on any atom is 0.255 e. The number of hydrogen-bond donors (Lipinski definition) is 1. The van der Waals surface area contributed by atoms with Gasteiger partial charge in [-0.2, -0.15) is 0 Å². The summed E-state index contributed by atoms with van der Waals surface area (Å²) in [7, 11) is 1.62. The van der Waals surface area contributed by atoms with Gasteiger partial charge in [-0.3, -0.25) is 9.59 Å². The molecule has 1 saturated heterocycles. The summed E-state index contributed by atoms with van der Waals surface area (Å²) >= 11 is 1.44. The molecule has 1 N–H and O–H groups in total. The standard InChI is InChI=1S/C20H22N2O3S/c1-25-15-8-10-16(11-9-15)26-14-19(23)21-18-7-3-2-6-17(18)20(24)22-12-4-5-13-22/h2-3,6-11H,4-5,12-14H2,1H3,(H,21,23). The molecule has 0 unspecified atom stereocenters. The van der Waals surface area contributed by atoms with E-state index < -0.39 is 0 Å². The van der Waals surface area contributed by atoms with Crippen LogP contribution in [0.2, 0.25) is 0 Å². The van der Waals surface area contributed by atoms with Gasteiger partial charge in [-0.25, -0.2) is 0 Å². The van der Waals surface area contributed by atoms with E-state index in [0.29, 0.717) is 11.3 Å². The fourth-order valence-corrected chi connectivity index (χ4v) is 3.57. The van der Waals surface area contributed by atoms with Crippen molar-refractivity contribution in [2.75, 3.05) is 31.3 Å². The molecular weight excluding hydrogens is 348 g/mol. The molecule has 2 aromatic carbocycles. The molecule has 6 heteroatoms. The first-order valence-electron chi connectivity index (χ1n) is 8.62. The Kier molecular flexibility index (Phi) is 6.17. The summed E-state index contributed by atoms with van der Waals surface area (Å²) in [5.41, 5.74) is 1.13. The van der Waals surface area contributed by atoms with Gasteiger partial charge in [-0.05, 0) is 49.2 Å². The van der Waals surface area contributed by atoms with Gasteiger partial charge in [0.2, 0.25) is 5.91 Å². The highest BCUT2D eigenvalue weighted by atomic mass is 32.2. The molecule has 2 amide bonds. The van der Waals surface area contributed by atoms with Crippen LogP contribution in [0.1, 0.15) is 23.2 Å². The number of carbonyl (C=O) groups excluding carboxylic acids is 2. The Morgan fingerprint density at radius 3 is 2.46 bits per heavy atom. The molecule has 1 aliphatic heterocycles. The van der Waals surface area contributed by atoms with Crippen molar-refractivity contribution in [3.05, 3.63) is 54.1 Å². The maximum absolute atomic E-state index is 12.6. The van der Waals surface area contributed by atoms with E-state index in [2.05, 4.69) is 5.32 Å². The second-order valence-electron chi connectivity index (χ2n) is 6.06. The lowest BCUT2D eigenvalue weighted by molar-refractivity contribution is -0.113. The Morgan fingerprint density at radius 2 is 1.77 bits per heavy atom. The molecule has 2 aromatic rings. The molecular formula is C20H22N2O3S. The minimum absolute atomic E-state index is 0.0128. The summed E-state index contributed by atoms with van der Waals surface area (Å²) in [6.45, 7) is 1.57. The number of rotatable bonds is 6. The van der Waals surface area contributed by atoms with Gasteiger partial charge in [0.15, 0.2) is 0 Å². The van der Waals surface area contributed by atoms with Gasteiger partial charge in [0, 0.05) is 18.0 Å². The number of likely N-dealkylation sites (tertiary alicyclic amines) is 1. The molecule has 5 nitrogen and oxygen atoms in total. The molecule has 0 atom stereocenters. The summed E-state index contributed by atoms with van der Waals surface area (Å²) < 4.78 is 5.13. The molecule has 0 radical (unpaired) electrons. The zero-order valence-corrected chi connectivity index (χ0v) is 15.6. The van der Waals surface area contributed by atoms with Crippen LogP contribution in [0.3, 0.4) is 0 Å². The predicted molar refractivity (Wildman–Crippen MR) is 104 cm³/mol. The van der Waals surface area contributed by atoms with Crippen LogP contribution in [0, 0.1) is 0 Å². The first-order valence-corrected chi connectivity index (χ1v) is 9.61. The van der Waals surface area contributed by atoms with E-state index in [0.717, 1.165) is 36.6 Å². The van der Waals surface area contributed by atoms with E-state index in [4.69, 9.17) is 4.74 Å². The fourth-order valence-electron chi connectivity index (χ4n) is 2.88. The number of ether oxygens (including phenoxy) is 1. The summed E-state index contributed by atoms with van der Waals surface area (Å²) in [5.74, 6) is 0.917. The fraction of sp³-hybridized carbons (Fsp3) is 0.300. The van der Waals surface area contributed by atoms with Crippen molar-refractivity contribution in [1.82, 2.24) is 4.90 Å². The van der Waals surface area contributed by atoms with Gasteiger partial charge in [-0.1, -0.05) is 12.1 Å². The summed E-state index contributed by atoms with van der Waals surface area (Å²) in [6, 6.07) is 14.8. The molecule has 1 fully saturated rings. The number of hydrogen-bond acceptors (Lipinski definition) is 4. The van der Waals surface area contributed by atoms with Crippen LogP contribution in [-0.4, -0.2) is 42.7 Å². The lowest BCUT2D eigenvalue weighted by atomic mass is 10.1. The summed E-state index contributed by atoms with van der Waals surface area (Å²) in [6.07, 6.45) is 2.08. The van der Waals surface area contributed by atoms with Crippen LogP contribution >= 0.6 is 11.8 Å². The Bertz CT molecular complexity index is 771. The average Bonchev–Trinajstić information content (AvgIpc) is 3.21. The average molecular weight is 370 g/mol. The zero-order chi connectivity index (χ0) is 18.4. The van der Waals surface area contributed by atoms with Crippen LogP contribution in [0.15, 0.2) is 53.4 Å². The van der Waals surface area contributed by atoms with E-state index in [1.807, 2.05) is 41.3 Å². The van der Waals surface area contributed by atoms with Gasteiger partial charge < -0.3 is 15.0 Å². The molecule has 1 aliphatic rings. The zero-order valence-electron chi connectivity index (χ0n) is 14.7. The lowest BCUT2D eigenvalue weighted by Crippen LogP contribution is -2.29. The molecule has 0 spiro atoms.